The van der Waals surface area contributed by atoms with Crippen molar-refractivity contribution >= 4 is 49.6 Å². The molecule has 8 bridgehead atoms. The fraction of sp³-hybridized carbons (Fsp3) is 0.288. The normalized spacial score (nSPS) is 11.5. The number of esters is 1. The average molecular weight is 926 g/mol. The summed E-state index contributed by atoms with van der Waals surface area (Å²) in [6.45, 7) is 7.85. The molecule has 0 fully saturated rings. The fourth-order valence-corrected chi connectivity index (χ4v) is 8.20. The predicted octanol–water partition coefficient (Wildman–Crippen LogP) is 10.2. The van der Waals surface area contributed by atoms with Crippen molar-refractivity contribution in [1.29, 1.82) is 0 Å². The SMILES string of the molecule is CCCC(=O)OCCCOc1cccc2c3cc4nc(cc5[n-]c(cc6nc(cc([n-]3)c12)-c1cccc(OCCCO)c1-6)c1cccc(OCOCC)c51)-c1cccc(OCOCC)c1-4.[V+2]. The molecule has 66 heavy (non-hydrogen) atoms. The zero-order valence-corrected chi connectivity index (χ0v) is 38.6. The molecule has 4 aromatic carbocycles. The Morgan fingerprint density at radius 2 is 1.03 bits per heavy atom. The molecule has 337 valence electrons. The summed E-state index contributed by atoms with van der Waals surface area (Å²) in [4.78, 5) is 33.2. The van der Waals surface area contributed by atoms with Crippen molar-refractivity contribution in [3.8, 4) is 68.0 Å². The van der Waals surface area contributed by atoms with Crippen molar-refractivity contribution in [3.63, 3.8) is 0 Å². The van der Waals surface area contributed by atoms with Crippen LogP contribution in [-0.4, -0.2) is 74.3 Å². The zero-order chi connectivity index (χ0) is 44.7. The molecule has 2 aliphatic rings. The van der Waals surface area contributed by atoms with E-state index in [1.165, 1.54) is 0 Å². The summed E-state index contributed by atoms with van der Waals surface area (Å²) in [5.74, 6) is 2.29. The van der Waals surface area contributed by atoms with Gasteiger partial charge in [0.1, 0.15) is 23.0 Å². The van der Waals surface area contributed by atoms with Crippen LogP contribution >= 0.6 is 0 Å². The van der Waals surface area contributed by atoms with Crippen LogP contribution in [0.2, 0.25) is 0 Å². The smallest absolute Gasteiger partial charge is 0.657 e. The number of ether oxygens (including phenoxy) is 7. The number of benzene rings is 4. The van der Waals surface area contributed by atoms with Crippen LogP contribution in [-0.2, 0) is 37.6 Å². The minimum absolute atomic E-state index is 0. The van der Waals surface area contributed by atoms with Crippen LogP contribution in [0.25, 0.3) is 88.6 Å². The van der Waals surface area contributed by atoms with Gasteiger partial charge in [-0.25, -0.2) is 9.97 Å². The van der Waals surface area contributed by atoms with Gasteiger partial charge in [0.25, 0.3) is 0 Å². The van der Waals surface area contributed by atoms with Gasteiger partial charge in [-0.1, -0.05) is 55.5 Å². The number of hydrogen-bond acceptors (Lipinski definition) is 11. The Balaban J connectivity index is 0.00000592. The molecule has 1 radical (unpaired) electrons. The van der Waals surface area contributed by atoms with Crippen LogP contribution in [0.4, 0.5) is 0 Å². The van der Waals surface area contributed by atoms with Gasteiger partial charge < -0.3 is 48.2 Å². The summed E-state index contributed by atoms with van der Waals surface area (Å²) in [7, 11) is 0. The van der Waals surface area contributed by atoms with E-state index in [1.807, 2.05) is 118 Å². The van der Waals surface area contributed by atoms with Crippen molar-refractivity contribution < 1.29 is 61.6 Å². The molecular formula is C52H50N4O9V. The zero-order valence-electron chi connectivity index (χ0n) is 37.2. The van der Waals surface area contributed by atoms with E-state index in [0.29, 0.717) is 114 Å². The molecule has 5 heterocycles. The molecule has 9 rings (SSSR count). The van der Waals surface area contributed by atoms with Crippen molar-refractivity contribution in [2.24, 2.45) is 0 Å². The van der Waals surface area contributed by atoms with Gasteiger partial charge in [-0.05, 0) is 79.6 Å². The first-order valence-electron chi connectivity index (χ1n) is 22.2. The van der Waals surface area contributed by atoms with E-state index in [2.05, 4.69) is 0 Å². The van der Waals surface area contributed by atoms with Gasteiger partial charge in [-0.15, -0.1) is 22.1 Å². The Morgan fingerprint density at radius 1 is 0.561 bits per heavy atom. The minimum Gasteiger partial charge on any atom is -0.657 e. The minimum atomic E-state index is -0.213. The van der Waals surface area contributed by atoms with Crippen LogP contribution in [0.3, 0.4) is 0 Å². The third kappa shape index (κ3) is 9.49. The molecule has 0 saturated carbocycles. The van der Waals surface area contributed by atoms with Gasteiger partial charge in [0, 0.05) is 61.0 Å². The van der Waals surface area contributed by atoms with Crippen LogP contribution in [0.5, 0.6) is 23.0 Å². The molecule has 0 aliphatic carbocycles. The Labute approximate surface area is 394 Å². The van der Waals surface area contributed by atoms with E-state index in [1.54, 1.807) is 0 Å². The fourth-order valence-electron chi connectivity index (χ4n) is 8.20. The Hall–Kier alpha value is -6.35. The van der Waals surface area contributed by atoms with Gasteiger partial charge in [0.2, 0.25) is 0 Å². The maximum Gasteiger partial charge on any atom is 2.00 e. The number of aromatic nitrogens is 4. The Bertz CT molecular complexity index is 3020. The Kier molecular flexibility index (Phi) is 14.9. The summed E-state index contributed by atoms with van der Waals surface area (Å²) in [6, 6.07) is 31.5. The number of rotatable bonds is 19. The molecule has 7 aromatic rings. The quantitative estimate of drug-likeness (QED) is 0.0465. The molecule has 14 heteroatoms. The number of carbonyl (C=O) groups is 1. The number of hydrogen-bond donors (Lipinski definition) is 1. The Morgan fingerprint density at radius 3 is 1.58 bits per heavy atom. The third-order valence-corrected chi connectivity index (χ3v) is 11.1. The molecule has 0 saturated heterocycles. The second-order valence-electron chi connectivity index (χ2n) is 15.4. The molecule has 2 aliphatic heterocycles. The number of aliphatic hydroxyl groups is 1. The molecule has 0 spiro atoms. The number of carbonyl (C=O) groups excluding carboxylic acids is 1. The van der Waals surface area contributed by atoms with Crippen molar-refractivity contribution in [2.75, 3.05) is 53.2 Å². The predicted molar refractivity (Wildman–Crippen MR) is 250 cm³/mol. The molecule has 1 N–H and O–H groups in total. The van der Waals surface area contributed by atoms with E-state index in [4.69, 9.17) is 53.1 Å². The second kappa shape index (κ2) is 21.3. The number of aliphatic hydroxyl groups excluding tert-OH is 1. The monoisotopic (exact) mass is 925 g/mol. The maximum absolute atomic E-state index is 12.0. The first-order valence-corrected chi connectivity index (χ1v) is 22.2. The van der Waals surface area contributed by atoms with Crippen LogP contribution in [0, 0.1) is 0 Å². The van der Waals surface area contributed by atoms with Gasteiger partial charge >= 0.3 is 24.5 Å². The van der Waals surface area contributed by atoms with Crippen LogP contribution in [0.1, 0.15) is 46.5 Å². The molecule has 3 aromatic heterocycles. The number of fused-ring (bicyclic) bond motifs is 20. The second-order valence-corrected chi connectivity index (χ2v) is 15.4. The molecule has 0 atom stereocenters. The summed E-state index contributed by atoms with van der Waals surface area (Å²) in [5.41, 5.74) is 8.59. The molecule has 0 amide bonds. The van der Waals surface area contributed by atoms with E-state index >= 15 is 0 Å². The standard InChI is InChI=1S/C52H50N4O9.V/c1-4-13-48(58)63-25-12-24-62-45-19-8-15-33-37-28-42-52-35(17-10-21-47(52)65-31-60-6-3)39(56-42)29-43-51-34(16-9-20-46(51)64-30-59-5-2)38(55-43)27-40-49-32(14-7-18-44(49)61-23-11-22-57)36(53-40)26-41(54-37)50(33)45;/h7-10,14-21,26-29,57H,4-6,11-13,22-25,30-31H2,1-3H3;/q-2;+2. The summed E-state index contributed by atoms with van der Waals surface area (Å²) >= 11 is 0. The van der Waals surface area contributed by atoms with Crippen LogP contribution in [0.15, 0.2) is 97.1 Å². The number of nitrogens with zero attached hydrogens (tertiary/aromatic N) is 4. The van der Waals surface area contributed by atoms with E-state index < -0.39 is 0 Å². The van der Waals surface area contributed by atoms with E-state index in [-0.39, 0.29) is 51.3 Å². The first kappa shape index (κ1) is 46.2. The van der Waals surface area contributed by atoms with Crippen molar-refractivity contribution in [3.05, 3.63) is 97.1 Å². The van der Waals surface area contributed by atoms with Gasteiger partial charge in [-0.2, -0.15) is 0 Å². The summed E-state index contributed by atoms with van der Waals surface area (Å²) in [5, 5.41) is 12.9. The van der Waals surface area contributed by atoms with Crippen molar-refractivity contribution in [2.45, 2.75) is 46.5 Å². The van der Waals surface area contributed by atoms with E-state index in [0.717, 1.165) is 50.2 Å². The largest absolute Gasteiger partial charge is 2.00 e. The van der Waals surface area contributed by atoms with Gasteiger partial charge in [-0.3, -0.25) is 4.79 Å². The van der Waals surface area contributed by atoms with E-state index in [9.17, 15) is 9.90 Å². The maximum atomic E-state index is 12.0. The summed E-state index contributed by atoms with van der Waals surface area (Å²) < 4.78 is 42.0. The van der Waals surface area contributed by atoms with Crippen LogP contribution < -0.4 is 28.9 Å². The topological polar surface area (TPSA) is 156 Å². The molecular weight excluding hydrogens is 876 g/mol. The van der Waals surface area contributed by atoms with Gasteiger partial charge in [0.15, 0.2) is 13.6 Å². The first-order chi connectivity index (χ1) is 32.0. The molecule has 0 unspecified atom stereocenters. The average Bonchev–Trinajstić information content (AvgIpc) is 4.06. The van der Waals surface area contributed by atoms with Crippen molar-refractivity contribution in [1.82, 2.24) is 19.9 Å². The third-order valence-electron chi connectivity index (χ3n) is 11.1. The van der Waals surface area contributed by atoms with Gasteiger partial charge in [0.05, 0.1) is 53.7 Å². The summed E-state index contributed by atoms with van der Waals surface area (Å²) in [6.07, 6.45) is 2.11. The molecule has 13 nitrogen and oxygen atoms in total.